The van der Waals surface area contributed by atoms with Crippen LogP contribution in [0.1, 0.15) is 11.4 Å². The van der Waals surface area contributed by atoms with Crippen LogP contribution >= 0.6 is 0 Å². The molecule has 0 aliphatic carbocycles. The molecule has 0 aliphatic heterocycles. The minimum atomic E-state index is 0. The van der Waals surface area contributed by atoms with Gasteiger partial charge in [-0.15, -0.1) is 0 Å². The van der Waals surface area contributed by atoms with Gasteiger partial charge in [0.1, 0.15) is 0 Å². The van der Waals surface area contributed by atoms with Gasteiger partial charge < -0.3 is 37.2 Å². The van der Waals surface area contributed by atoms with Crippen molar-refractivity contribution in [3.8, 4) is 0 Å². The third-order valence-corrected chi connectivity index (χ3v) is 1.31. The van der Waals surface area contributed by atoms with Crippen molar-refractivity contribution in [2.24, 2.45) is 9.98 Å². The van der Waals surface area contributed by atoms with Crippen molar-refractivity contribution in [1.29, 1.82) is 0 Å². The Labute approximate surface area is 126 Å². The molecule has 1 rings (SSSR count). The third kappa shape index (κ3) is 9.19. The summed E-state index contributed by atoms with van der Waals surface area (Å²) in [5.74, 6) is 0. The first-order valence-electron chi connectivity index (χ1n) is 3.68. The predicted molar refractivity (Wildman–Crippen MR) is 51.3 cm³/mol. The molecule has 0 spiro atoms. The maximum Gasteiger partial charge on any atom is 3.00 e. The van der Waals surface area contributed by atoms with Crippen LogP contribution in [0.4, 0.5) is 0 Å². The number of hydrogen-bond donors (Lipinski definition) is 0. The Morgan fingerprint density at radius 1 is 0.938 bits per heavy atom. The summed E-state index contributed by atoms with van der Waals surface area (Å²) in [6.45, 7) is 0. The van der Waals surface area contributed by atoms with Crippen LogP contribution in [-0.4, -0.2) is 31.5 Å². The van der Waals surface area contributed by atoms with Gasteiger partial charge in [0.25, 0.3) is 0 Å². The fourth-order valence-corrected chi connectivity index (χ4v) is 0.877. The Kier molecular flexibility index (Phi) is 23.3. The summed E-state index contributed by atoms with van der Waals surface area (Å²) in [4.78, 5) is 12.0. The van der Waals surface area contributed by atoms with Crippen LogP contribution in [0, 0.1) is 0 Å². The standard InChI is InChI=1S/C9H11N3.3ClH.V/c1-10-6-8-4-3-5-9(12-8)7-11-2;;;;/h3-7H,1-2H3;3*1H;/q;;;;+3/p-3. The molecule has 88 valence electrons. The topological polar surface area (TPSA) is 37.6 Å². The normalized spacial score (nSPS) is 8.62. The molecular formula is C9H11Cl3N3V. The molecule has 0 saturated carbocycles. The number of halogens is 3. The number of aliphatic imine (C=N–C) groups is 2. The fraction of sp³-hybridized carbons (Fsp3) is 0.222. The van der Waals surface area contributed by atoms with Gasteiger partial charge in [-0.1, -0.05) is 6.07 Å². The molecule has 0 unspecified atom stereocenters. The van der Waals surface area contributed by atoms with E-state index in [0.29, 0.717) is 0 Å². The molecule has 0 atom stereocenters. The number of aromatic nitrogens is 1. The predicted octanol–water partition coefficient (Wildman–Crippen LogP) is -7.81. The molecule has 7 heteroatoms. The summed E-state index contributed by atoms with van der Waals surface area (Å²) < 4.78 is 0. The zero-order chi connectivity index (χ0) is 8.81. The Hall–Kier alpha value is -0.0556. The summed E-state index contributed by atoms with van der Waals surface area (Å²) in [5.41, 5.74) is 1.71. The summed E-state index contributed by atoms with van der Waals surface area (Å²) in [5, 5.41) is 0. The van der Waals surface area contributed by atoms with Crippen LogP contribution in [0.5, 0.6) is 0 Å². The number of nitrogens with zero attached hydrogens (tertiary/aromatic N) is 3. The van der Waals surface area contributed by atoms with Crippen molar-refractivity contribution >= 4 is 12.4 Å². The average Bonchev–Trinajstić information content (AvgIpc) is 2.06. The largest absolute Gasteiger partial charge is 3.00 e. The minimum absolute atomic E-state index is 0. The molecule has 0 amide bonds. The van der Waals surface area contributed by atoms with Crippen LogP contribution in [0.15, 0.2) is 28.2 Å². The minimum Gasteiger partial charge on any atom is -1.00 e. The molecule has 0 fully saturated rings. The van der Waals surface area contributed by atoms with Crippen LogP contribution in [-0.2, 0) is 18.6 Å². The van der Waals surface area contributed by atoms with E-state index in [1.165, 1.54) is 0 Å². The second kappa shape index (κ2) is 14.9. The van der Waals surface area contributed by atoms with Crippen LogP contribution < -0.4 is 37.2 Å². The van der Waals surface area contributed by atoms with Crippen LogP contribution in [0.25, 0.3) is 0 Å². The van der Waals surface area contributed by atoms with E-state index < -0.39 is 0 Å². The number of pyridine rings is 1. The van der Waals surface area contributed by atoms with Crippen molar-refractivity contribution in [3.63, 3.8) is 0 Å². The molecule has 0 bridgehead atoms. The molecule has 1 heterocycles. The first kappa shape index (κ1) is 25.0. The molecule has 1 aromatic heterocycles. The van der Waals surface area contributed by atoms with Crippen molar-refractivity contribution in [2.45, 2.75) is 0 Å². The third-order valence-electron chi connectivity index (χ3n) is 1.31. The maximum absolute atomic E-state index is 4.25. The Morgan fingerprint density at radius 3 is 1.62 bits per heavy atom. The SMILES string of the molecule is CN=Cc1cccc(C=NC)n1.[Cl-].[Cl-].[Cl-].[V+3]. The number of hydrogen-bond acceptors (Lipinski definition) is 3. The van der Waals surface area contributed by atoms with Crippen molar-refractivity contribution in [2.75, 3.05) is 14.1 Å². The van der Waals surface area contributed by atoms with Crippen molar-refractivity contribution in [1.82, 2.24) is 4.98 Å². The first-order chi connectivity index (χ1) is 5.86. The van der Waals surface area contributed by atoms with E-state index in [4.69, 9.17) is 0 Å². The van der Waals surface area contributed by atoms with Gasteiger partial charge in [0.15, 0.2) is 0 Å². The van der Waals surface area contributed by atoms with Crippen LogP contribution in [0.3, 0.4) is 0 Å². The van der Waals surface area contributed by atoms with E-state index >= 15 is 0 Å². The van der Waals surface area contributed by atoms with Gasteiger partial charge in [-0.25, -0.2) is 4.98 Å². The molecule has 0 saturated heterocycles. The molecule has 3 nitrogen and oxygen atoms in total. The fourth-order valence-electron chi connectivity index (χ4n) is 0.877. The molecule has 16 heavy (non-hydrogen) atoms. The van der Waals surface area contributed by atoms with Gasteiger partial charge in [-0.3, -0.25) is 9.98 Å². The van der Waals surface area contributed by atoms with Gasteiger partial charge in [-0.05, 0) is 12.1 Å². The zero-order valence-corrected chi connectivity index (χ0v) is 12.5. The van der Waals surface area contributed by atoms with E-state index in [2.05, 4.69) is 15.0 Å². The number of rotatable bonds is 2. The van der Waals surface area contributed by atoms with Crippen molar-refractivity contribution < 1.29 is 55.8 Å². The van der Waals surface area contributed by atoms with Gasteiger partial charge in [-0.2, -0.15) is 0 Å². The monoisotopic (exact) mass is 317 g/mol. The Bertz CT molecular complexity index is 291. The molecule has 1 aromatic rings. The summed E-state index contributed by atoms with van der Waals surface area (Å²) >= 11 is 0. The smallest absolute Gasteiger partial charge is 1.00 e. The Balaban J connectivity index is -0.000000180. The van der Waals surface area contributed by atoms with E-state index in [9.17, 15) is 0 Å². The molecule has 0 N–H and O–H groups in total. The van der Waals surface area contributed by atoms with E-state index in [1.807, 2.05) is 18.2 Å². The van der Waals surface area contributed by atoms with Gasteiger partial charge in [0.2, 0.25) is 0 Å². The maximum atomic E-state index is 4.25. The summed E-state index contributed by atoms with van der Waals surface area (Å²) in [6, 6.07) is 5.74. The Morgan fingerprint density at radius 2 is 1.31 bits per heavy atom. The molecule has 0 aromatic carbocycles. The zero-order valence-electron chi connectivity index (χ0n) is 8.81. The quantitative estimate of drug-likeness (QED) is 0.499. The molecular weight excluding hydrogens is 307 g/mol. The molecule has 0 aliphatic rings. The summed E-state index contributed by atoms with van der Waals surface area (Å²) in [7, 11) is 3.45. The van der Waals surface area contributed by atoms with E-state index in [-0.39, 0.29) is 55.8 Å². The van der Waals surface area contributed by atoms with Gasteiger partial charge in [0.05, 0.1) is 11.4 Å². The van der Waals surface area contributed by atoms with Gasteiger partial charge in [0, 0.05) is 26.5 Å². The molecule has 0 radical (unpaired) electrons. The second-order valence-corrected chi connectivity index (χ2v) is 2.26. The summed E-state index contributed by atoms with van der Waals surface area (Å²) in [6.07, 6.45) is 3.43. The van der Waals surface area contributed by atoms with E-state index in [0.717, 1.165) is 11.4 Å². The first-order valence-corrected chi connectivity index (χ1v) is 3.68. The van der Waals surface area contributed by atoms with Crippen molar-refractivity contribution in [3.05, 3.63) is 29.6 Å². The second-order valence-electron chi connectivity index (χ2n) is 2.26. The van der Waals surface area contributed by atoms with Crippen LogP contribution in [0.2, 0.25) is 0 Å². The average molecular weight is 319 g/mol. The van der Waals surface area contributed by atoms with Gasteiger partial charge >= 0.3 is 18.6 Å². The van der Waals surface area contributed by atoms with E-state index in [1.54, 1.807) is 26.5 Å².